The first-order valence-electron chi connectivity index (χ1n) is 8.29. The summed E-state index contributed by atoms with van der Waals surface area (Å²) in [5.74, 6) is 1.50. The number of carbonyl (C=O) groups is 1. The third-order valence-corrected chi connectivity index (χ3v) is 4.78. The quantitative estimate of drug-likeness (QED) is 0.884. The Kier molecular flexibility index (Phi) is 4.26. The fourth-order valence-electron chi connectivity index (χ4n) is 3.44. The van der Waals surface area contributed by atoms with Crippen LogP contribution in [-0.2, 0) is 4.79 Å². The highest BCUT2D eigenvalue weighted by Gasteiger charge is 2.32. The number of primary amides is 1. The minimum Gasteiger partial charge on any atom is -0.384 e. The van der Waals surface area contributed by atoms with Gasteiger partial charge >= 0.3 is 0 Å². The Morgan fingerprint density at radius 2 is 2.17 bits per heavy atom. The van der Waals surface area contributed by atoms with Crippen molar-refractivity contribution in [2.24, 2.45) is 17.1 Å². The van der Waals surface area contributed by atoms with Crippen molar-refractivity contribution in [3.05, 3.63) is 18.5 Å². The molecule has 1 amide bonds. The molecule has 2 aromatic rings. The predicted molar refractivity (Wildman–Crippen MR) is 94.3 cm³/mol. The van der Waals surface area contributed by atoms with Gasteiger partial charge in [-0.25, -0.2) is 15.0 Å². The molecule has 1 fully saturated rings. The van der Waals surface area contributed by atoms with Gasteiger partial charge in [-0.05, 0) is 37.3 Å². The van der Waals surface area contributed by atoms with Gasteiger partial charge in [0.05, 0.1) is 5.39 Å². The number of rotatable bonds is 4. The van der Waals surface area contributed by atoms with Crippen molar-refractivity contribution in [2.45, 2.75) is 33.1 Å². The first kappa shape index (κ1) is 16.4. The van der Waals surface area contributed by atoms with Crippen LogP contribution in [0.3, 0.4) is 0 Å². The van der Waals surface area contributed by atoms with Gasteiger partial charge in [0.25, 0.3) is 0 Å². The molecule has 24 heavy (non-hydrogen) atoms. The van der Waals surface area contributed by atoms with Crippen molar-refractivity contribution in [1.29, 1.82) is 0 Å². The second-order valence-electron chi connectivity index (χ2n) is 7.21. The molecule has 0 bridgehead atoms. The van der Waals surface area contributed by atoms with Gasteiger partial charge in [0.15, 0.2) is 5.65 Å². The minimum atomic E-state index is -0.489. The summed E-state index contributed by atoms with van der Waals surface area (Å²) in [4.78, 5) is 26.8. The molecule has 7 heteroatoms. The Bertz CT molecular complexity index is 760. The van der Waals surface area contributed by atoms with Crippen LogP contribution in [0.1, 0.15) is 33.1 Å². The van der Waals surface area contributed by atoms with Gasteiger partial charge in [0.2, 0.25) is 5.91 Å². The molecule has 0 radical (unpaired) electrons. The number of hydrogen-bond donors (Lipinski definition) is 2. The third kappa shape index (κ3) is 3.25. The maximum Gasteiger partial charge on any atom is 0.223 e. The SMILES string of the molecule is CC(C)(CC1CCCN(c2ncnc3nc(N)ccc23)C1)C(N)=O. The van der Waals surface area contributed by atoms with E-state index in [-0.39, 0.29) is 5.91 Å². The molecule has 0 saturated carbocycles. The Morgan fingerprint density at radius 1 is 1.38 bits per heavy atom. The lowest BCUT2D eigenvalue weighted by Crippen LogP contribution is -2.40. The maximum absolute atomic E-state index is 11.6. The summed E-state index contributed by atoms with van der Waals surface area (Å²) in [5, 5.41) is 0.904. The fourth-order valence-corrected chi connectivity index (χ4v) is 3.44. The molecule has 128 valence electrons. The monoisotopic (exact) mass is 328 g/mol. The Labute approximate surface area is 141 Å². The Balaban J connectivity index is 1.84. The number of fused-ring (bicyclic) bond motifs is 1. The lowest BCUT2D eigenvalue weighted by molar-refractivity contribution is -0.126. The second kappa shape index (κ2) is 6.22. The van der Waals surface area contributed by atoms with Crippen molar-refractivity contribution < 1.29 is 4.79 Å². The van der Waals surface area contributed by atoms with E-state index in [0.29, 0.717) is 17.4 Å². The molecule has 1 atom stereocenters. The fraction of sp³-hybridized carbons (Fsp3) is 0.529. The Hall–Kier alpha value is -2.44. The summed E-state index contributed by atoms with van der Waals surface area (Å²) in [6.07, 6.45) is 4.48. The number of nitrogens with two attached hydrogens (primary N) is 2. The molecule has 1 aliphatic heterocycles. The number of anilines is 2. The van der Waals surface area contributed by atoms with Crippen LogP contribution < -0.4 is 16.4 Å². The second-order valence-corrected chi connectivity index (χ2v) is 7.21. The lowest BCUT2D eigenvalue weighted by Gasteiger charge is -2.36. The van der Waals surface area contributed by atoms with Crippen molar-refractivity contribution >= 4 is 28.6 Å². The van der Waals surface area contributed by atoms with E-state index in [1.807, 2.05) is 19.9 Å². The van der Waals surface area contributed by atoms with Gasteiger partial charge in [0, 0.05) is 18.5 Å². The molecule has 0 spiro atoms. The van der Waals surface area contributed by atoms with Crippen LogP contribution >= 0.6 is 0 Å². The predicted octanol–water partition coefficient (Wildman–Crippen LogP) is 1.72. The van der Waals surface area contributed by atoms with E-state index in [1.165, 1.54) is 6.33 Å². The zero-order valence-electron chi connectivity index (χ0n) is 14.2. The van der Waals surface area contributed by atoms with Crippen LogP contribution in [0.2, 0.25) is 0 Å². The molecule has 7 nitrogen and oxygen atoms in total. The zero-order chi connectivity index (χ0) is 17.3. The molecule has 4 N–H and O–H groups in total. The molecule has 1 saturated heterocycles. The number of piperidine rings is 1. The van der Waals surface area contributed by atoms with Crippen LogP contribution in [0, 0.1) is 11.3 Å². The first-order chi connectivity index (χ1) is 11.4. The molecule has 1 unspecified atom stereocenters. The number of carbonyl (C=O) groups excluding carboxylic acids is 1. The van der Waals surface area contributed by atoms with Crippen LogP contribution in [-0.4, -0.2) is 33.9 Å². The van der Waals surface area contributed by atoms with Crippen LogP contribution in [0.25, 0.3) is 11.0 Å². The van der Waals surface area contributed by atoms with Crippen molar-refractivity contribution in [1.82, 2.24) is 15.0 Å². The molecule has 2 aromatic heterocycles. The van der Waals surface area contributed by atoms with E-state index in [4.69, 9.17) is 11.5 Å². The van der Waals surface area contributed by atoms with Gasteiger partial charge in [-0.2, -0.15) is 0 Å². The van der Waals surface area contributed by atoms with Gasteiger partial charge in [-0.15, -0.1) is 0 Å². The summed E-state index contributed by atoms with van der Waals surface area (Å²) < 4.78 is 0. The maximum atomic E-state index is 11.6. The van der Waals surface area contributed by atoms with Crippen molar-refractivity contribution in [3.8, 4) is 0 Å². The summed E-state index contributed by atoms with van der Waals surface area (Å²) in [6, 6.07) is 3.69. The zero-order valence-corrected chi connectivity index (χ0v) is 14.2. The minimum absolute atomic E-state index is 0.244. The van der Waals surface area contributed by atoms with Crippen LogP contribution in [0.5, 0.6) is 0 Å². The molecule has 3 rings (SSSR count). The summed E-state index contributed by atoms with van der Waals surface area (Å²) in [6.45, 7) is 5.62. The van der Waals surface area contributed by atoms with Crippen LogP contribution in [0.15, 0.2) is 18.5 Å². The number of aromatic nitrogens is 3. The number of nitrogens with zero attached hydrogens (tertiary/aromatic N) is 4. The largest absolute Gasteiger partial charge is 0.384 e. The standard InChI is InChI=1S/C17H24N6O/c1-17(2,16(19)24)8-11-4-3-7-23(9-11)15-12-5-6-13(18)22-14(12)20-10-21-15/h5-6,10-11H,3-4,7-9H2,1-2H3,(H2,19,24)(H2,18,20,21,22). The highest BCUT2D eigenvalue weighted by atomic mass is 16.1. The topological polar surface area (TPSA) is 111 Å². The van der Waals surface area contributed by atoms with Gasteiger partial charge in [0.1, 0.15) is 18.0 Å². The van der Waals surface area contributed by atoms with Gasteiger partial charge in [-0.3, -0.25) is 4.79 Å². The third-order valence-electron chi connectivity index (χ3n) is 4.78. The number of nitrogen functional groups attached to an aromatic ring is 1. The highest BCUT2D eigenvalue weighted by Crippen LogP contribution is 2.33. The average Bonchev–Trinajstić information content (AvgIpc) is 2.53. The summed E-state index contributed by atoms with van der Waals surface area (Å²) in [5.41, 5.74) is 11.4. The Morgan fingerprint density at radius 3 is 2.92 bits per heavy atom. The van der Waals surface area contributed by atoms with Crippen molar-refractivity contribution in [2.75, 3.05) is 23.7 Å². The van der Waals surface area contributed by atoms with E-state index in [9.17, 15) is 4.79 Å². The summed E-state index contributed by atoms with van der Waals surface area (Å²) >= 11 is 0. The van der Waals surface area contributed by atoms with E-state index >= 15 is 0 Å². The number of pyridine rings is 1. The van der Waals surface area contributed by atoms with E-state index in [0.717, 1.165) is 43.6 Å². The summed E-state index contributed by atoms with van der Waals surface area (Å²) in [7, 11) is 0. The molecule has 0 aliphatic carbocycles. The molecule has 1 aliphatic rings. The first-order valence-corrected chi connectivity index (χ1v) is 8.29. The van der Waals surface area contributed by atoms with E-state index in [1.54, 1.807) is 6.07 Å². The molecular weight excluding hydrogens is 304 g/mol. The average molecular weight is 328 g/mol. The highest BCUT2D eigenvalue weighted by molar-refractivity contribution is 5.87. The van der Waals surface area contributed by atoms with E-state index < -0.39 is 5.41 Å². The smallest absolute Gasteiger partial charge is 0.223 e. The van der Waals surface area contributed by atoms with Crippen molar-refractivity contribution in [3.63, 3.8) is 0 Å². The molecule has 0 aromatic carbocycles. The number of hydrogen-bond acceptors (Lipinski definition) is 6. The van der Waals surface area contributed by atoms with Crippen LogP contribution in [0.4, 0.5) is 11.6 Å². The molecule has 3 heterocycles. The van der Waals surface area contributed by atoms with E-state index in [2.05, 4.69) is 19.9 Å². The van der Waals surface area contributed by atoms with Gasteiger partial charge < -0.3 is 16.4 Å². The number of amides is 1. The normalized spacial score (nSPS) is 18.8. The lowest BCUT2D eigenvalue weighted by atomic mass is 9.79. The van der Waals surface area contributed by atoms with Gasteiger partial charge in [-0.1, -0.05) is 13.8 Å². The molecular formula is C17H24N6O.